The van der Waals surface area contributed by atoms with Crippen LogP contribution >= 0.6 is 0 Å². The van der Waals surface area contributed by atoms with Crippen molar-refractivity contribution in [2.75, 3.05) is 13.2 Å². The lowest BCUT2D eigenvalue weighted by atomic mass is 10.1. The lowest BCUT2D eigenvalue weighted by molar-refractivity contribution is -0.161. The van der Waals surface area contributed by atoms with Crippen LogP contribution in [0.2, 0.25) is 0 Å². The van der Waals surface area contributed by atoms with E-state index in [1.807, 2.05) is 0 Å². The van der Waals surface area contributed by atoms with Crippen LogP contribution in [-0.2, 0) is 23.8 Å². The first-order valence-electron chi connectivity index (χ1n) is 15.7. The molecule has 1 fully saturated rings. The molecule has 2 unspecified atom stereocenters. The Hall–Kier alpha value is -1.92. The number of aliphatic hydroxyl groups is 1. The van der Waals surface area contributed by atoms with Crippen LogP contribution in [0.1, 0.15) is 129 Å². The Morgan fingerprint density at radius 3 is 2.08 bits per heavy atom. The normalized spacial score (nSPS) is 17.8. The first-order chi connectivity index (χ1) is 19.1. The molecule has 1 N–H and O–H groups in total. The molecule has 0 saturated carbocycles. The fraction of sp³-hybridized carbons (Fsp3) is 0.758. The third kappa shape index (κ3) is 21.6. The minimum absolute atomic E-state index is 0.0968. The maximum Gasteiger partial charge on any atom is 0.306 e. The van der Waals surface area contributed by atoms with Gasteiger partial charge in [0, 0.05) is 12.8 Å². The highest BCUT2D eigenvalue weighted by atomic mass is 16.6. The molecule has 39 heavy (non-hydrogen) atoms. The van der Waals surface area contributed by atoms with E-state index in [1.54, 1.807) is 0 Å². The second kappa shape index (κ2) is 25.1. The van der Waals surface area contributed by atoms with Gasteiger partial charge in [0.1, 0.15) is 6.61 Å². The molecule has 0 aliphatic carbocycles. The predicted molar refractivity (Wildman–Crippen MR) is 158 cm³/mol. The van der Waals surface area contributed by atoms with Gasteiger partial charge in [0.05, 0.1) is 18.8 Å². The fourth-order valence-electron chi connectivity index (χ4n) is 4.34. The van der Waals surface area contributed by atoms with Crippen molar-refractivity contribution in [3.05, 3.63) is 36.5 Å². The number of unbranched alkanes of at least 4 members (excludes halogenated alkanes) is 9. The van der Waals surface area contributed by atoms with Gasteiger partial charge in [-0.1, -0.05) is 108 Å². The Balaban J connectivity index is 1.97. The average molecular weight is 549 g/mol. The predicted octanol–water partition coefficient (Wildman–Crippen LogP) is 7.93. The molecule has 1 heterocycles. The van der Waals surface area contributed by atoms with Crippen LogP contribution in [0.5, 0.6) is 0 Å². The van der Waals surface area contributed by atoms with Crippen molar-refractivity contribution < 1.29 is 28.9 Å². The maximum absolute atomic E-state index is 12.0. The van der Waals surface area contributed by atoms with E-state index >= 15 is 0 Å². The van der Waals surface area contributed by atoms with Crippen molar-refractivity contribution in [2.45, 2.75) is 148 Å². The number of ether oxygens (including phenoxy) is 3. The van der Waals surface area contributed by atoms with Crippen LogP contribution in [0.4, 0.5) is 0 Å². The summed E-state index contributed by atoms with van der Waals surface area (Å²) in [5.74, 6) is -0.673. The molecule has 0 aromatic carbocycles. The van der Waals surface area contributed by atoms with Gasteiger partial charge in [-0.15, -0.1) is 0 Å². The summed E-state index contributed by atoms with van der Waals surface area (Å²) in [5.41, 5.74) is 0. The van der Waals surface area contributed by atoms with E-state index < -0.39 is 6.10 Å². The topological polar surface area (TPSA) is 85.4 Å². The largest absolute Gasteiger partial charge is 0.462 e. The summed E-state index contributed by atoms with van der Waals surface area (Å²) in [4.78, 5) is 23.9. The molecule has 0 bridgehead atoms. The van der Waals surface area contributed by atoms with Crippen LogP contribution in [0.3, 0.4) is 0 Å². The molecule has 3 atom stereocenters. The number of aliphatic hydroxyl groups excluding tert-OH is 1. The zero-order valence-electron chi connectivity index (χ0n) is 24.8. The molecular formula is C33H56O6. The van der Waals surface area contributed by atoms with E-state index in [0.29, 0.717) is 31.5 Å². The molecule has 224 valence electrons. The molecule has 1 saturated heterocycles. The molecule has 0 aromatic heterocycles. The van der Waals surface area contributed by atoms with E-state index in [-0.39, 0.29) is 25.2 Å². The Labute approximate surface area is 238 Å². The van der Waals surface area contributed by atoms with Gasteiger partial charge in [0.2, 0.25) is 0 Å². The molecule has 6 nitrogen and oxygen atoms in total. The molecule has 6 heteroatoms. The number of carbonyl (C=O) groups excluding carboxylic acids is 2. The first kappa shape index (κ1) is 35.1. The molecular weight excluding hydrogens is 492 g/mol. The van der Waals surface area contributed by atoms with Crippen LogP contribution in [0, 0.1) is 0 Å². The van der Waals surface area contributed by atoms with Gasteiger partial charge in [-0.25, -0.2) is 0 Å². The number of epoxide rings is 1. The Morgan fingerprint density at radius 2 is 1.36 bits per heavy atom. The summed E-state index contributed by atoms with van der Waals surface area (Å²) in [5, 5.41) is 9.43. The highest BCUT2D eigenvalue weighted by Crippen LogP contribution is 2.30. The van der Waals surface area contributed by atoms with Gasteiger partial charge < -0.3 is 19.3 Å². The molecule has 1 rings (SSSR count). The zero-order chi connectivity index (χ0) is 28.4. The standard InChI is InChI=1S/C33H56O6/c1-3-5-7-8-13-18-22-26-33(36)38-29(27-34)28-37-32(35)25-21-17-15-12-10-9-11-14-16-20-24-31-30(39-31)23-19-6-4-2/h9,11-12,15-16,20,29-31,34H,3-8,10,13-14,17-19,21-28H2,1-2H3/b11-9-,15-12-,20-16-/t29-,30?,31?/m0/s1. The van der Waals surface area contributed by atoms with Crippen LogP contribution in [0.15, 0.2) is 36.5 Å². The minimum atomic E-state index is -0.790. The zero-order valence-corrected chi connectivity index (χ0v) is 24.8. The number of hydrogen-bond donors (Lipinski definition) is 1. The van der Waals surface area contributed by atoms with E-state index in [0.717, 1.165) is 44.9 Å². The van der Waals surface area contributed by atoms with E-state index in [1.165, 1.54) is 51.4 Å². The summed E-state index contributed by atoms with van der Waals surface area (Å²) < 4.78 is 16.1. The second-order valence-corrected chi connectivity index (χ2v) is 10.6. The van der Waals surface area contributed by atoms with Crippen molar-refractivity contribution in [3.63, 3.8) is 0 Å². The molecule has 1 aliphatic heterocycles. The second-order valence-electron chi connectivity index (χ2n) is 10.6. The monoisotopic (exact) mass is 548 g/mol. The third-order valence-electron chi connectivity index (χ3n) is 6.86. The molecule has 0 radical (unpaired) electrons. The van der Waals surface area contributed by atoms with Crippen molar-refractivity contribution in [3.8, 4) is 0 Å². The highest BCUT2D eigenvalue weighted by molar-refractivity contribution is 5.70. The van der Waals surface area contributed by atoms with Crippen molar-refractivity contribution in [2.24, 2.45) is 0 Å². The lowest BCUT2D eigenvalue weighted by Crippen LogP contribution is -2.28. The minimum Gasteiger partial charge on any atom is -0.462 e. The van der Waals surface area contributed by atoms with Gasteiger partial charge in [0.15, 0.2) is 6.10 Å². The van der Waals surface area contributed by atoms with E-state index in [2.05, 4.69) is 50.3 Å². The summed E-state index contributed by atoms with van der Waals surface area (Å²) in [6, 6.07) is 0. The van der Waals surface area contributed by atoms with Gasteiger partial charge in [-0.05, 0) is 44.9 Å². The summed E-state index contributed by atoms with van der Waals surface area (Å²) in [6.07, 6.45) is 31.0. The molecule has 0 spiro atoms. The lowest BCUT2D eigenvalue weighted by Gasteiger charge is -2.15. The summed E-state index contributed by atoms with van der Waals surface area (Å²) in [7, 11) is 0. The van der Waals surface area contributed by atoms with Crippen LogP contribution in [-0.4, -0.2) is 48.6 Å². The van der Waals surface area contributed by atoms with Crippen LogP contribution in [0.25, 0.3) is 0 Å². The highest BCUT2D eigenvalue weighted by Gasteiger charge is 2.36. The summed E-state index contributed by atoms with van der Waals surface area (Å²) in [6.45, 7) is 3.98. The van der Waals surface area contributed by atoms with E-state index in [4.69, 9.17) is 14.2 Å². The Kier molecular flexibility index (Phi) is 22.6. The smallest absolute Gasteiger partial charge is 0.306 e. The number of allylic oxidation sites excluding steroid dienone is 5. The Bertz CT molecular complexity index is 698. The van der Waals surface area contributed by atoms with Crippen LogP contribution < -0.4 is 0 Å². The fourth-order valence-corrected chi connectivity index (χ4v) is 4.34. The van der Waals surface area contributed by atoms with Crippen molar-refractivity contribution >= 4 is 11.9 Å². The number of rotatable bonds is 26. The molecule has 0 amide bonds. The average Bonchev–Trinajstić information content (AvgIpc) is 3.69. The summed E-state index contributed by atoms with van der Waals surface area (Å²) >= 11 is 0. The molecule has 1 aliphatic rings. The van der Waals surface area contributed by atoms with Gasteiger partial charge >= 0.3 is 11.9 Å². The third-order valence-corrected chi connectivity index (χ3v) is 6.86. The van der Waals surface area contributed by atoms with Crippen molar-refractivity contribution in [1.82, 2.24) is 0 Å². The maximum atomic E-state index is 12.0. The number of hydrogen-bond acceptors (Lipinski definition) is 6. The van der Waals surface area contributed by atoms with Gasteiger partial charge in [-0.2, -0.15) is 0 Å². The quantitative estimate of drug-likeness (QED) is 0.0511. The number of esters is 2. The number of carbonyl (C=O) groups is 2. The molecule has 0 aromatic rings. The SMILES string of the molecule is CCCCCCCCCC(=O)O[C@@H](CO)COC(=O)CCC/C=C\C/C=C\C/C=C\CC1OC1CCCCC. The van der Waals surface area contributed by atoms with Gasteiger partial charge in [-0.3, -0.25) is 9.59 Å². The first-order valence-corrected chi connectivity index (χ1v) is 15.7. The van der Waals surface area contributed by atoms with Crippen molar-refractivity contribution in [1.29, 1.82) is 0 Å². The van der Waals surface area contributed by atoms with E-state index in [9.17, 15) is 14.7 Å². The Morgan fingerprint density at radius 1 is 0.744 bits per heavy atom. The van der Waals surface area contributed by atoms with Gasteiger partial charge in [0.25, 0.3) is 0 Å².